The quantitative estimate of drug-likeness (QED) is 0.381. The second-order valence-electron chi connectivity index (χ2n) is 2.11. The van der Waals surface area contributed by atoms with Crippen molar-refractivity contribution in [3.8, 4) is 0 Å². The number of thioether (sulfide) groups is 1. The van der Waals surface area contributed by atoms with E-state index in [1.807, 2.05) is 12.2 Å². The number of hydrogen-bond acceptors (Lipinski definition) is 4. The molecule has 12 heavy (non-hydrogen) atoms. The Hall–Kier alpha value is -0.480. The summed E-state index contributed by atoms with van der Waals surface area (Å²) in [6.45, 7) is 0.581. The predicted octanol–water partition coefficient (Wildman–Crippen LogP) is 0.798. The molecule has 0 amide bonds. The SMILES string of the molecule is COC(=O)CCSC/C=C/CN. The first-order valence-corrected chi connectivity index (χ1v) is 4.96. The molecule has 0 aromatic carbocycles. The van der Waals surface area contributed by atoms with E-state index < -0.39 is 0 Å². The van der Waals surface area contributed by atoms with E-state index in [0.717, 1.165) is 11.5 Å². The van der Waals surface area contributed by atoms with Crippen LogP contribution in [0.25, 0.3) is 0 Å². The Morgan fingerprint density at radius 1 is 1.58 bits per heavy atom. The van der Waals surface area contributed by atoms with Gasteiger partial charge in [0.1, 0.15) is 0 Å². The molecule has 0 aromatic rings. The first-order valence-electron chi connectivity index (χ1n) is 3.81. The zero-order chi connectivity index (χ0) is 9.23. The molecule has 0 aliphatic heterocycles. The van der Waals surface area contributed by atoms with Crippen LogP contribution in [-0.2, 0) is 9.53 Å². The van der Waals surface area contributed by atoms with Crippen LogP contribution in [0.3, 0.4) is 0 Å². The highest BCUT2D eigenvalue weighted by Crippen LogP contribution is 2.02. The molecule has 0 atom stereocenters. The van der Waals surface area contributed by atoms with Crippen molar-refractivity contribution < 1.29 is 9.53 Å². The van der Waals surface area contributed by atoms with E-state index >= 15 is 0 Å². The summed E-state index contributed by atoms with van der Waals surface area (Å²) in [6.07, 6.45) is 4.39. The number of carbonyl (C=O) groups is 1. The fourth-order valence-corrected chi connectivity index (χ4v) is 1.32. The Labute approximate surface area is 77.3 Å². The molecule has 0 aliphatic rings. The number of carbonyl (C=O) groups excluding carboxylic acids is 1. The maximum absolute atomic E-state index is 10.6. The Morgan fingerprint density at radius 3 is 2.92 bits per heavy atom. The monoisotopic (exact) mass is 189 g/mol. The van der Waals surface area contributed by atoms with Crippen molar-refractivity contribution in [3.63, 3.8) is 0 Å². The Balaban J connectivity index is 3.10. The second-order valence-corrected chi connectivity index (χ2v) is 3.26. The first kappa shape index (κ1) is 11.5. The molecule has 0 aliphatic carbocycles. The van der Waals surface area contributed by atoms with Crippen LogP contribution in [0.4, 0.5) is 0 Å². The van der Waals surface area contributed by atoms with E-state index in [-0.39, 0.29) is 5.97 Å². The molecular weight excluding hydrogens is 174 g/mol. The molecule has 4 heteroatoms. The fourth-order valence-electron chi connectivity index (χ4n) is 0.573. The number of esters is 1. The van der Waals surface area contributed by atoms with Gasteiger partial charge < -0.3 is 10.5 Å². The van der Waals surface area contributed by atoms with Gasteiger partial charge in [-0.15, -0.1) is 0 Å². The lowest BCUT2D eigenvalue weighted by Crippen LogP contribution is -2.01. The van der Waals surface area contributed by atoms with Crippen LogP contribution < -0.4 is 5.73 Å². The summed E-state index contributed by atoms with van der Waals surface area (Å²) in [5.74, 6) is 1.57. The maximum atomic E-state index is 10.6. The third kappa shape index (κ3) is 7.63. The van der Waals surface area contributed by atoms with Crippen LogP contribution in [0.1, 0.15) is 6.42 Å². The van der Waals surface area contributed by atoms with Gasteiger partial charge in [0.15, 0.2) is 0 Å². The van der Waals surface area contributed by atoms with Gasteiger partial charge in [0.05, 0.1) is 13.5 Å². The molecule has 70 valence electrons. The Kier molecular flexibility index (Phi) is 8.27. The molecule has 2 N–H and O–H groups in total. The van der Waals surface area contributed by atoms with Crippen molar-refractivity contribution in [2.45, 2.75) is 6.42 Å². The summed E-state index contributed by atoms with van der Waals surface area (Å²) >= 11 is 1.69. The van der Waals surface area contributed by atoms with E-state index in [4.69, 9.17) is 5.73 Å². The van der Waals surface area contributed by atoms with Gasteiger partial charge in [-0.2, -0.15) is 11.8 Å². The van der Waals surface area contributed by atoms with Gasteiger partial charge >= 0.3 is 5.97 Å². The fraction of sp³-hybridized carbons (Fsp3) is 0.625. The molecule has 0 unspecified atom stereocenters. The minimum atomic E-state index is -0.148. The topological polar surface area (TPSA) is 52.3 Å². The zero-order valence-corrected chi connectivity index (χ0v) is 8.10. The molecule has 0 fully saturated rings. The predicted molar refractivity (Wildman–Crippen MR) is 52.2 cm³/mol. The van der Waals surface area contributed by atoms with Crippen LogP contribution in [0.5, 0.6) is 0 Å². The Bertz CT molecular complexity index is 148. The van der Waals surface area contributed by atoms with Gasteiger partial charge in [0.2, 0.25) is 0 Å². The summed E-state index contributed by atoms with van der Waals surface area (Å²) in [5.41, 5.74) is 5.24. The van der Waals surface area contributed by atoms with E-state index in [1.54, 1.807) is 11.8 Å². The van der Waals surface area contributed by atoms with E-state index in [0.29, 0.717) is 13.0 Å². The second kappa shape index (κ2) is 8.62. The highest BCUT2D eigenvalue weighted by molar-refractivity contribution is 7.99. The number of hydrogen-bond donors (Lipinski definition) is 1. The normalized spacial score (nSPS) is 10.5. The van der Waals surface area contributed by atoms with Gasteiger partial charge in [0, 0.05) is 18.1 Å². The zero-order valence-electron chi connectivity index (χ0n) is 7.29. The molecular formula is C8H15NO2S. The third-order valence-electron chi connectivity index (χ3n) is 1.20. The number of nitrogens with two attached hydrogens (primary N) is 1. The van der Waals surface area contributed by atoms with E-state index in [2.05, 4.69) is 4.74 Å². The van der Waals surface area contributed by atoms with Crippen LogP contribution in [0, 0.1) is 0 Å². The van der Waals surface area contributed by atoms with Crippen LogP contribution in [0.15, 0.2) is 12.2 Å². The lowest BCUT2D eigenvalue weighted by Gasteiger charge is -1.96. The van der Waals surface area contributed by atoms with Crippen molar-refractivity contribution in [1.82, 2.24) is 0 Å². The number of methoxy groups -OCH3 is 1. The summed E-state index contributed by atoms with van der Waals surface area (Å²) in [6, 6.07) is 0. The lowest BCUT2D eigenvalue weighted by atomic mass is 10.5. The van der Waals surface area contributed by atoms with Gasteiger partial charge in [0.25, 0.3) is 0 Å². The Morgan fingerprint density at radius 2 is 2.33 bits per heavy atom. The van der Waals surface area contributed by atoms with Crippen molar-refractivity contribution in [1.29, 1.82) is 0 Å². The van der Waals surface area contributed by atoms with Crippen LogP contribution in [0.2, 0.25) is 0 Å². The summed E-state index contributed by atoms with van der Waals surface area (Å²) in [5, 5.41) is 0. The number of ether oxygens (including phenoxy) is 1. The van der Waals surface area contributed by atoms with Crippen molar-refractivity contribution in [3.05, 3.63) is 12.2 Å². The third-order valence-corrected chi connectivity index (χ3v) is 2.12. The van der Waals surface area contributed by atoms with Crippen LogP contribution >= 0.6 is 11.8 Å². The van der Waals surface area contributed by atoms with Gasteiger partial charge in [-0.25, -0.2) is 0 Å². The standard InChI is InChI=1S/C8H15NO2S/c1-11-8(10)4-7-12-6-3-2-5-9/h2-3H,4-7,9H2,1H3/b3-2+. The van der Waals surface area contributed by atoms with E-state index in [9.17, 15) is 4.79 Å². The van der Waals surface area contributed by atoms with Gasteiger partial charge in [-0.3, -0.25) is 4.79 Å². The molecule has 3 nitrogen and oxygen atoms in total. The highest BCUT2D eigenvalue weighted by atomic mass is 32.2. The summed E-state index contributed by atoms with van der Waals surface area (Å²) in [4.78, 5) is 10.6. The lowest BCUT2D eigenvalue weighted by molar-refractivity contribution is -0.140. The van der Waals surface area contributed by atoms with Gasteiger partial charge in [-0.1, -0.05) is 12.2 Å². The van der Waals surface area contributed by atoms with Crippen molar-refractivity contribution in [2.75, 3.05) is 25.2 Å². The van der Waals surface area contributed by atoms with Gasteiger partial charge in [-0.05, 0) is 0 Å². The first-order chi connectivity index (χ1) is 5.81. The van der Waals surface area contributed by atoms with E-state index in [1.165, 1.54) is 7.11 Å². The largest absolute Gasteiger partial charge is 0.469 e. The molecule has 0 spiro atoms. The number of rotatable bonds is 6. The minimum absolute atomic E-state index is 0.148. The highest BCUT2D eigenvalue weighted by Gasteiger charge is 1.97. The smallest absolute Gasteiger partial charge is 0.306 e. The molecule has 0 aromatic heterocycles. The molecule has 0 heterocycles. The summed E-state index contributed by atoms with van der Waals surface area (Å²) < 4.78 is 4.49. The average molecular weight is 189 g/mol. The van der Waals surface area contributed by atoms with Crippen LogP contribution in [-0.4, -0.2) is 31.1 Å². The molecule has 0 saturated carbocycles. The van der Waals surface area contributed by atoms with Crippen molar-refractivity contribution in [2.24, 2.45) is 5.73 Å². The van der Waals surface area contributed by atoms with Crippen molar-refractivity contribution >= 4 is 17.7 Å². The molecule has 0 saturated heterocycles. The maximum Gasteiger partial charge on any atom is 0.306 e. The molecule has 0 bridgehead atoms. The molecule has 0 radical (unpaired) electrons. The summed E-state index contributed by atoms with van der Waals surface area (Å²) in [7, 11) is 1.40. The average Bonchev–Trinajstić information content (AvgIpc) is 2.10. The minimum Gasteiger partial charge on any atom is -0.469 e. The molecule has 0 rings (SSSR count).